The summed E-state index contributed by atoms with van der Waals surface area (Å²) in [5, 5.41) is 22.1. The van der Waals surface area contributed by atoms with Crippen molar-refractivity contribution in [2.75, 3.05) is 17.3 Å². The summed E-state index contributed by atoms with van der Waals surface area (Å²) in [5.74, 6) is -0.195. The highest BCUT2D eigenvalue weighted by Gasteiger charge is 2.12. The number of hydrogen-bond acceptors (Lipinski definition) is 8. The summed E-state index contributed by atoms with van der Waals surface area (Å²) in [6.45, 7) is 9.52. The Morgan fingerprint density at radius 1 is 1.07 bits per heavy atom. The van der Waals surface area contributed by atoms with Gasteiger partial charge in [0.25, 0.3) is 0 Å². The minimum Gasteiger partial charge on any atom is -0.300 e. The molecule has 0 saturated carbocycles. The number of anilines is 2. The molecule has 2 aromatic rings. The molecule has 0 bridgehead atoms. The molecule has 0 aliphatic carbocycles. The molecule has 2 amide bonds. The van der Waals surface area contributed by atoms with Gasteiger partial charge in [-0.15, -0.1) is 20.4 Å². The number of carbonyl (C=O) groups is 2. The van der Waals surface area contributed by atoms with Crippen molar-refractivity contribution in [1.82, 2.24) is 20.4 Å². The molecule has 0 aliphatic heterocycles. The zero-order chi connectivity index (χ0) is 22.1. The van der Waals surface area contributed by atoms with Gasteiger partial charge in [-0.2, -0.15) is 0 Å². The van der Waals surface area contributed by atoms with Crippen LogP contribution in [0.5, 0.6) is 0 Å². The van der Waals surface area contributed by atoms with E-state index in [-0.39, 0.29) is 18.2 Å². The Balaban J connectivity index is 1.72. The van der Waals surface area contributed by atoms with Gasteiger partial charge in [-0.05, 0) is 31.8 Å². The van der Waals surface area contributed by atoms with Crippen LogP contribution in [0.4, 0.5) is 10.3 Å². The number of unbranched alkanes of at least 4 members (excludes halogenated alkanes) is 1. The quantitative estimate of drug-likeness (QED) is 0.409. The summed E-state index contributed by atoms with van der Waals surface area (Å²) < 4.78 is 0. The van der Waals surface area contributed by atoms with Crippen molar-refractivity contribution in [2.45, 2.75) is 59.3 Å². The topological polar surface area (TPSA) is 101 Å². The number of nitrogens with one attached hydrogen (secondary N) is 1. The van der Waals surface area contributed by atoms with E-state index in [0.717, 1.165) is 47.7 Å². The number of hydrogen-bond donors (Lipinski definition) is 1. The van der Waals surface area contributed by atoms with E-state index in [1.165, 1.54) is 40.1 Å². The highest BCUT2D eigenvalue weighted by atomic mass is 32.1. The van der Waals surface area contributed by atoms with Crippen LogP contribution in [0.2, 0.25) is 0 Å². The fraction of sp³-hybridized carbons (Fsp3) is 0.500. The molecule has 1 N–H and O–H groups in total. The van der Waals surface area contributed by atoms with E-state index in [2.05, 4.69) is 39.2 Å². The average Bonchev–Trinajstić information content (AvgIpc) is 3.33. The van der Waals surface area contributed by atoms with E-state index in [0.29, 0.717) is 10.3 Å². The monoisotopic (exact) mass is 448 g/mol. The van der Waals surface area contributed by atoms with Crippen molar-refractivity contribution in [1.29, 1.82) is 0 Å². The smallest absolute Gasteiger partial charge is 0.230 e. The predicted octanol–water partition coefficient (Wildman–Crippen LogP) is 4.18. The molecule has 30 heavy (non-hydrogen) atoms. The molecule has 0 unspecified atom stereocenters. The van der Waals surface area contributed by atoms with Crippen LogP contribution in [0.3, 0.4) is 0 Å². The van der Waals surface area contributed by atoms with Crippen LogP contribution in [0, 0.1) is 0 Å². The molecular weight excluding hydrogens is 420 g/mol. The number of allylic oxidation sites excluding steroid dienone is 2. The largest absolute Gasteiger partial charge is 0.300 e. The second-order valence-electron chi connectivity index (χ2n) is 6.99. The maximum absolute atomic E-state index is 12.1. The standard InChI is InChI=1S/C20H28N6O2S2/c1-6-13(2)11-14(3)12-16(28)21-19-24-22-17(29-19)9-7-8-10-18-23-25-20(30-18)26(5)15(4)27/h11H,3,6-10,12H2,1-2,4-5H3,(H,21,24,28)/b13-11+. The van der Waals surface area contributed by atoms with Crippen LogP contribution in [0.15, 0.2) is 23.8 Å². The first-order valence-corrected chi connectivity index (χ1v) is 11.5. The summed E-state index contributed by atoms with van der Waals surface area (Å²) in [6, 6.07) is 0. The third-order valence-corrected chi connectivity index (χ3v) is 6.31. The van der Waals surface area contributed by atoms with E-state index < -0.39 is 0 Å². The highest BCUT2D eigenvalue weighted by molar-refractivity contribution is 7.15. The number of amides is 2. The van der Waals surface area contributed by atoms with Crippen LogP contribution in [0.1, 0.15) is 56.5 Å². The number of rotatable bonds is 11. The van der Waals surface area contributed by atoms with Gasteiger partial charge in [0.15, 0.2) is 0 Å². The number of aryl methyl sites for hydroxylation is 2. The highest BCUT2D eigenvalue weighted by Crippen LogP contribution is 2.22. The summed E-state index contributed by atoms with van der Waals surface area (Å²) in [5.41, 5.74) is 1.98. The van der Waals surface area contributed by atoms with Gasteiger partial charge < -0.3 is 5.32 Å². The third-order valence-electron chi connectivity index (χ3n) is 4.36. The van der Waals surface area contributed by atoms with E-state index >= 15 is 0 Å². The lowest BCUT2D eigenvalue weighted by molar-refractivity contribution is -0.116. The molecule has 2 heterocycles. The van der Waals surface area contributed by atoms with Crippen LogP contribution < -0.4 is 10.2 Å². The first-order valence-electron chi connectivity index (χ1n) is 9.82. The Hall–Kier alpha value is -2.46. The zero-order valence-corrected chi connectivity index (χ0v) is 19.5. The molecule has 0 aromatic carbocycles. The number of carbonyl (C=O) groups excluding carboxylic acids is 2. The van der Waals surface area contributed by atoms with E-state index in [1.54, 1.807) is 7.05 Å². The molecule has 2 rings (SSSR count). The van der Waals surface area contributed by atoms with Crippen LogP contribution in [-0.2, 0) is 22.4 Å². The lowest BCUT2D eigenvalue weighted by Gasteiger charge is -2.08. The molecule has 2 aromatic heterocycles. The Bertz CT molecular complexity index is 918. The Morgan fingerprint density at radius 2 is 1.70 bits per heavy atom. The Kier molecular flexibility index (Phi) is 9.25. The second kappa shape index (κ2) is 11.7. The summed E-state index contributed by atoms with van der Waals surface area (Å²) in [6.07, 6.45) is 6.59. The molecule has 10 heteroatoms. The second-order valence-corrected chi connectivity index (χ2v) is 9.09. The van der Waals surface area contributed by atoms with Crippen LogP contribution in [0.25, 0.3) is 0 Å². The minimum atomic E-state index is -0.134. The molecular formula is C20H28N6O2S2. The van der Waals surface area contributed by atoms with Gasteiger partial charge in [0.1, 0.15) is 10.0 Å². The van der Waals surface area contributed by atoms with Gasteiger partial charge in [-0.1, -0.05) is 47.8 Å². The normalized spacial score (nSPS) is 11.4. The molecule has 0 fully saturated rings. The van der Waals surface area contributed by atoms with Gasteiger partial charge in [-0.25, -0.2) is 0 Å². The van der Waals surface area contributed by atoms with Gasteiger partial charge in [0, 0.05) is 26.8 Å². The zero-order valence-electron chi connectivity index (χ0n) is 17.9. The Morgan fingerprint density at radius 3 is 2.33 bits per heavy atom. The van der Waals surface area contributed by atoms with Gasteiger partial charge >= 0.3 is 0 Å². The molecule has 0 aliphatic rings. The SMILES string of the molecule is C=C(/C=C(\C)CC)CC(=O)Nc1nnc(CCCCc2nnc(N(C)C(C)=O)s2)s1. The van der Waals surface area contributed by atoms with E-state index in [4.69, 9.17) is 0 Å². The van der Waals surface area contributed by atoms with Crippen molar-refractivity contribution in [3.8, 4) is 0 Å². The Labute approximate surface area is 185 Å². The maximum atomic E-state index is 12.1. The molecule has 8 nitrogen and oxygen atoms in total. The fourth-order valence-electron chi connectivity index (χ4n) is 2.44. The summed E-state index contributed by atoms with van der Waals surface area (Å²) in [7, 11) is 1.69. The van der Waals surface area contributed by atoms with Crippen LogP contribution >= 0.6 is 22.7 Å². The first kappa shape index (κ1) is 23.8. The van der Waals surface area contributed by atoms with Crippen molar-refractivity contribution < 1.29 is 9.59 Å². The van der Waals surface area contributed by atoms with Crippen LogP contribution in [-0.4, -0.2) is 39.3 Å². The molecule has 0 atom stereocenters. The van der Waals surface area contributed by atoms with Gasteiger partial charge in [-0.3, -0.25) is 14.5 Å². The molecule has 0 spiro atoms. The minimum absolute atomic E-state index is 0.0614. The number of nitrogens with zero attached hydrogens (tertiary/aromatic N) is 5. The van der Waals surface area contributed by atoms with E-state index in [9.17, 15) is 9.59 Å². The van der Waals surface area contributed by atoms with Crippen molar-refractivity contribution >= 4 is 44.8 Å². The summed E-state index contributed by atoms with van der Waals surface area (Å²) >= 11 is 2.83. The van der Waals surface area contributed by atoms with E-state index in [1.807, 2.05) is 13.0 Å². The summed E-state index contributed by atoms with van der Waals surface area (Å²) in [4.78, 5) is 25.0. The van der Waals surface area contributed by atoms with Crippen molar-refractivity contribution in [3.05, 3.63) is 33.8 Å². The van der Waals surface area contributed by atoms with Gasteiger partial charge in [0.2, 0.25) is 22.1 Å². The lowest BCUT2D eigenvalue weighted by atomic mass is 10.1. The van der Waals surface area contributed by atoms with Crippen molar-refractivity contribution in [2.24, 2.45) is 0 Å². The van der Waals surface area contributed by atoms with Gasteiger partial charge in [0.05, 0.1) is 6.42 Å². The van der Waals surface area contributed by atoms with Crippen molar-refractivity contribution in [3.63, 3.8) is 0 Å². The predicted molar refractivity (Wildman–Crippen MR) is 122 cm³/mol. The third kappa shape index (κ3) is 7.75. The number of aromatic nitrogens is 4. The lowest BCUT2D eigenvalue weighted by Crippen LogP contribution is -2.22. The fourth-order valence-corrected chi connectivity index (χ4v) is 4.13. The molecule has 0 saturated heterocycles. The average molecular weight is 449 g/mol. The molecule has 0 radical (unpaired) electrons. The maximum Gasteiger partial charge on any atom is 0.230 e. The first-order chi connectivity index (χ1) is 14.3. The molecule has 162 valence electrons.